The lowest BCUT2D eigenvalue weighted by Crippen LogP contribution is -2.37. The fraction of sp³-hybridized carbons (Fsp3) is 0.333. The van der Waals surface area contributed by atoms with Crippen LogP contribution in [0.15, 0.2) is 22.9 Å². The van der Waals surface area contributed by atoms with Crippen LogP contribution in [-0.4, -0.2) is 26.9 Å². The van der Waals surface area contributed by atoms with Crippen molar-refractivity contribution in [1.82, 2.24) is 9.61 Å². The number of halogens is 1. The van der Waals surface area contributed by atoms with Crippen LogP contribution in [0.1, 0.15) is 18.4 Å². The average molecular weight is 308 g/mol. The van der Waals surface area contributed by atoms with Gasteiger partial charge >= 0.3 is 0 Å². The van der Waals surface area contributed by atoms with Gasteiger partial charge in [-0.2, -0.15) is 10.4 Å². The minimum absolute atomic E-state index is 0.0651. The smallest absolute Gasteiger partial charge is 0.139 e. The monoisotopic (exact) mass is 307 g/mol. The Hall–Kier alpha value is -1.58. The van der Waals surface area contributed by atoms with Gasteiger partial charge in [-0.1, -0.05) is 0 Å². The Balaban J connectivity index is 1.93. The molecule has 0 unspecified atom stereocenters. The van der Waals surface area contributed by atoms with Gasteiger partial charge in [0.1, 0.15) is 17.9 Å². The van der Waals surface area contributed by atoms with Gasteiger partial charge in [0.25, 0.3) is 0 Å². The van der Waals surface area contributed by atoms with Gasteiger partial charge in [-0.15, -0.1) is 0 Å². The van der Waals surface area contributed by atoms with Crippen molar-refractivity contribution in [3.8, 4) is 11.8 Å². The van der Waals surface area contributed by atoms with E-state index in [1.165, 1.54) is 6.20 Å². The van der Waals surface area contributed by atoms with Crippen molar-refractivity contribution < 1.29 is 9.84 Å². The van der Waals surface area contributed by atoms with Crippen molar-refractivity contribution in [1.29, 1.82) is 5.26 Å². The number of aliphatic hydroxyl groups is 1. The summed E-state index contributed by atoms with van der Waals surface area (Å²) in [5, 5.41) is 22.3. The highest BCUT2D eigenvalue weighted by molar-refractivity contribution is 9.10. The molecule has 5 nitrogen and oxygen atoms in total. The summed E-state index contributed by atoms with van der Waals surface area (Å²) in [6.07, 6.45) is 4.42. The average Bonchev–Trinajstić information content (AvgIpc) is 2.70. The molecule has 92 valence electrons. The van der Waals surface area contributed by atoms with Crippen LogP contribution in [0.4, 0.5) is 0 Å². The minimum atomic E-state index is -0.239. The molecule has 0 aromatic carbocycles. The van der Waals surface area contributed by atoms with Crippen LogP contribution in [0.25, 0.3) is 5.52 Å². The van der Waals surface area contributed by atoms with E-state index in [2.05, 4.69) is 27.1 Å². The van der Waals surface area contributed by atoms with Crippen LogP contribution in [0.5, 0.6) is 5.75 Å². The number of fused-ring (bicyclic) bond motifs is 1. The van der Waals surface area contributed by atoms with Crippen LogP contribution >= 0.6 is 15.9 Å². The van der Waals surface area contributed by atoms with Gasteiger partial charge in [0.2, 0.25) is 0 Å². The van der Waals surface area contributed by atoms with E-state index in [1.807, 2.05) is 6.07 Å². The van der Waals surface area contributed by atoms with Gasteiger partial charge in [0, 0.05) is 17.3 Å². The number of nitriles is 1. The Morgan fingerprint density at radius 3 is 3.00 bits per heavy atom. The lowest BCUT2D eigenvalue weighted by atomic mass is 9.92. The van der Waals surface area contributed by atoms with Crippen LogP contribution in [0.3, 0.4) is 0 Å². The number of ether oxygens (including phenoxy) is 1. The fourth-order valence-corrected chi connectivity index (χ4v) is 2.64. The van der Waals surface area contributed by atoms with Crippen LogP contribution in [0.2, 0.25) is 0 Å². The lowest BCUT2D eigenvalue weighted by Gasteiger charge is -2.31. The highest BCUT2D eigenvalue weighted by Gasteiger charge is 2.29. The second-order valence-electron chi connectivity index (χ2n) is 4.35. The Bertz CT molecular complexity index is 641. The maximum Gasteiger partial charge on any atom is 0.139 e. The molecule has 0 aliphatic heterocycles. The molecule has 0 radical (unpaired) electrons. The summed E-state index contributed by atoms with van der Waals surface area (Å²) in [5.74, 6) is 0.680. The molecule has 0 atom stereocenters. The SMILES string of the molecule is N#Cc1cnn2cc(OC3CC(O)C3)cc(Br)c12. The first kappa shape index (κ1) is 11.5. The number of hydrogen-bond acceptors (Lipinski definition) is 4. The zero-order valence-electron chi connectivity index (χ0n) is 9.38. The molecule has 2 heterocycles. The zero-order valence-corrected chi connectivity index (χ0v) is 11.0. The predicted octanol–water partition coefficient (Wildman–Crippen LogP) is 1.87. The Morgan fingerprint density at radius 2 is 2.33 bits per heavy atom. The fourth-order valence-electron chi connectivity index (χ4n) is 2.02. The molecule has 1 aliphatic rings. The van der Waals surface area contributed by atoms with E-state index >= 15 is 0 Å². The third-order valence-corrected chi connectivity index (χ3v) is 3.64. The summed E-state index contributed by atoms with van der Waals surface area (Å²) in [7, 11) is 0. The number of aromatic nitrogens is 2. The Kier molecular flexibility index (Phi) is 2.73. The van der Waals surface area contributed by atoms with Gasteiger partial charge in [-0.05, 0) is 22.0 Å². The summed E-state index contributed by atoms with van der Waals surface area (Å²) in [5.41, 5.74) is 1.26. The molecule has 0 saturated heterocycles. The van der Waals surface area contributed by atoms with Crippen molar-refractivity contribution in [2.75, 3.05) is 0 Å². The largest absolute Gasteiger partial charge is 0.489 e. The summed E-state index contributed by atoms with van der Waals surface area (Å²) < 4.78 is 8.11. The van der Waals surface area contributed by atoms with Crippen LogP contribution < -0.4 is 4.74 Å². The summed E-state index contributed by atoms with van der Waals surface area (Å²) in [6, 6.07) is 3.91. The van der Waals surface area contributed by atoms with E-state index in [0.29, 0.717) is 24.2 Å². The molecular formula is C12H10BrN3O2. The van der Waals surface area contributed by atoms with Gasteiger partial charge in [-0.25, -0.2) is 4.52 Å². The topological polar surface area (TPSA) is 70.6 Å². The third-order valence-electron chi connectivity index (χ3n) is 3.03. The van der Waals surface area contributed by atoms with Crippen molar-refractivity contribution in [2.45, 2.75) is 25.0 Å². The highest BCUT2D eigenvalue weighted by atomic mass is 79.9. The number of nitrogens with zero attached hydrogens (tertiary/aromatic N) is 3. The molecule has 1 aliphatic carbocycles. The maximum atomic E-state index is 9.22. The standard InChI is InChI=1S/C12H10BrN3O2/c13-11-3-10(18-9-1-8(17)2-9)6-16-12(11)7(4-14)5-15-16/h3,5-6,8-9,17H,1-2H2. The normalized spacial score (nSPS) is 22.5. The Morgan fingerprint density at radius 1 is 1.56 bits per heavy atom. The van der Waals surface area contributed by atoms with Crippen molar-refractivity contribution in [2.24, 2.45) is 0 Å². The molecule has 0 bridgehead atoms. The van der Waals surface area contributed by atoms with Crippen molar-refractivity contribution in [3.63, 3.8) is 0 Å². The first-order valence-corrected chi connectivity index (χ1v) is 6.38. The van der Waals surface area contributed by atoms with Crippen LogP contribution in [0, 0.1) is 11.3 Å². The Labute approximate surface area is 112 Å². The van der Waals surface area contributed by atoms with Crippen LogP contribution in [-0.2, 0) is 0 Å². The number of aliphatic hydroxyl groups excluding tert-OH is 1. The first-order valence-electron chi connectivity index (χ1n) is 5.59. The second-order valence-corrected chi connectivity index (χ2v) is 5.21. The van der Waals surface area contributed by atoms with E-state index in [4.69, 9.17) is 10.00 Å². The van der Waals surface area contributed by atoms with Gasteiger partial charge in [-0.3, -0.25) is 0 Å². The van der Waals surface area contributed by atoms with Gasteiger partial charge in [0.15, 0.2) is 0 Å². The quantitative estimate of drug-likeness (QED) is 0.919. The number of pyridine rings is 1. The molecule has 6 heteroatoms. The van der Waals surface area contributed by atoms with Gasteiger partial charge < -0.3 is 9.84 Å². The minimum Gasteiger partial charge on any atom is -0.489 e. The molecule has 2 aromatic rings. The van der Waals surface area contributed by atoms with Crippen molar-refractivity contribution >= 4 is 21.4 Å². The maximum absolute atomic E-state index is 9.22. The molecular weight excluding hydrogens is 298 g/mol. The molecule has 18 heavy (non-hydrogen) atoms. The molecule has 3 rings (SSSR count). The molecule has 0 spiro atoms. The first-order chi connectivity index (χ1) is 8.67. The van der Waals surface area contributed by atoms with Crippen molar-refractivity contribution in [3.05, 3.63) is 28.5 Å². The molecule has 1 fully saturated rings. The molecule has 1 N–H and O–H groups in total. The predicted molar refractivity (Wildman–Crippen MR) is 67.3 cm³/mol. The summed E-state index contributed by atoms with van der Waals surface area (Å²) in [6.45, 7) is 0. The summed E-state index contributed by atoms with van der Waals surface area (Å²) >= 11 is 3.42. The zero-order chi connectivity index (χ0) is 12.7. The van der Waals surface area contributed by atoms with E-state index in [0.717, 1.165) is 9.99 Å². The molecule has 1 saturated carbocycles. The second kappa shape index (κ2) is 4.26. The van der Waals surface area contributed by atoms with E-state index in [1.54, 1.807) is 10.7 Å². The number of rotatable bonds is 2. The highest BCUT2D eigenvalue weighted by Crippen LogP contribution is 2.30. The van der Waals surface area contributed by atoms with E-state index in [9.17, 15) is 5.11 Å². The summed E-state index contributed by atoms with van der Waals surface area (Å²) in [4.78, 5) is 0. The lowest BCUT2D eigenvalue weighted by molar-refractivity contribution is -0.0110. The van der Waals surface area contributed by atoms with E-state index in [-0.39, 0.29) is 12.2 Å². The third kappa shape index (κ3) is 1.85. The number of hydrogen-bond donors (Lipinski definition) is 1. The molecule has 2 aromatic heterocycles. The van der Waals surface area contributed by atoms with Gasteiger partial charge in [0.05, 0.1) is 29.6 Å². The van der Waals surface area contributed by atoms with E-state index < -0.39 is 0 Å². The molecule has 0 amide bonds.